The summed E-state index contributed by atoms with van der Waals surface area (Å²) in [7, 11) is 3.64. The van der Waals surface area contributed by atoms with E-state index in [9.17, 15) is 9.90 Å². The van der Waals surface area contributed by atoms with Gasteiger partial charge in [-0.15, -0.1) is 0 Å². The molecule has 0 spiro atoms. The summed E-state index contributed by atoms with van der Waals surface area (Å²) in [6, 6.07) is 5.86. The van der Waals surface area contributed by atoms with E-state index >= 15 is 0 Å². The minimum Gasteiger partial charge on any atom is -0.392 e. The number of benzene rings is 1. The van der Waals surface area contributed by atoms with Gasteiger partial charge in [-0.2, -0.15) is 0 Å². The number of aliphatic hydroxyl groups excluding tert-OH is 1. The monoisotopic (exact) mass is 319 g/mol. The van der Waals surface area contributed by atoms with E-state index < -0.39 is 17.9 Å². The lowest BCUT2D eigenvalue weighted by Gasteiger charge is -2.25. The van der Waals surface area contributed by atoms with Crippen molar-refractivity contribution in [2.24, 2.45) is 10.7 Å². The molecule has 3 atom stereocenters. The van der Waals surface area contributed by atoms with E-state index in [1.165, 1.54) is 0 Å². The van der Waals surface area contributed by atoms with Crippen LogP contribution in [0.4, 0.5) is 5.69 Å². The Bertz CT molecular complexity index is 615. The summed E-state index contributed by atoms with van der Waals surface area (Å²) in [5, 5.41) is 10.0. The molecule has 126 valence electrons. The molecule has 0 fully saturated rings. The number of amides is 1. The third-order valence-corrected chi connectivity index (χ3v) is 4.46. The maximum Gasteiger partial charge on any atom is 0.227 e. The van der Waals surface area contributed by atoms with Crippen LogP contribution in [0.5, 0.6) is 0 Å². The Morgan fingerprint density at radius 1 is 1.57 bits per heavy atom. The minimum absolute atomic E-state index is 0.207. The topological polar surface area (TPSA) is 88.1 Å². The van der Waals surface area contributed by atoms with Crippen LogP contribution in [0.1, 0.15) is 30.9 Å². The van der Waals surface area contributed by atoms with Gasteiger partial charge in [-0.25, -0.2) is 4.99 Å². The highest BCUT2D eigenvalue weighted by Crippen LogP contribution is 2.35. The quantitative estimate of drug-likeness (QED) is 0.630. The van der Waals surface area contributed by atoms with Crippen molar-refractivity contribution in [2.45, 2.75) is 38.3 Å². The molecule has 0 aliphatic heterocycles. The van der Waals surface area contributed by atoms with E-state index in [4.69, 9.17) is 10.5 Å². The number of carbonyl (C=O) groups excluding carboxylic acids is 1. The second-order valence-electron chi connectivity index (χ2n) is 6.11. The summed E-state index contributed by atoms with van der Waals surface area (Å²) in [6.07, 6.45) is -0.288. The number of amidine groups is 1. The lowest BCUT2D eigenvalue weighted by atomic mass is 9.99. The Morgan fingerprint density at radius 2 is 2.26 bits per heavy atom. The first-order valence-electron chi connectivity index (χ1n) is 7.72. The van der Waals surface area contributed by atoms with Crippen molar-refractivity contribution in [3.05, 3.63) is 29.3 Å². The summed E-state index contributed by atoms with van der Waals surface area (Å²) >= 11 is 0. The van der Waals surface area contributed by atoms with Crippen LogP contribution >= 0.6 is 0 Å². The smallest absolute Gasteiger partial charge is 0.227 e. The van der Waals surface area contributed by atoms with Crippen molar-refractivity contribution in [3.63, 3.8) is 0 Å². The normalized spacial score (nSPS) is 21.9. The van der Waals surface area contributed by atoms with Crippen LogP contribution in [0.2, 0.25) is 0 Å². The molecule has 3 unspecified atom stereocenters. The Hall–Kier alpha value is -1.92. The number of hydrogen-bond acceptors (Lipinski definition) is 4. The molecule has 1 aliphatic rings. The molecule has 6 nitrogen and oxygen atoms in total. The molecule has 1 aliphatic carbocycles. The molecule has 0 heterocycles. The molecule has 3 N–H and O–H groups in total. The molecule has 0 radical (unpaired) electrons. The van der Waals surface area contributed by atoms with Gasteiger partial charge >= 0.3 is 0 Å². The van der Waals surface area contributed by atoms with Crippen LogP contribution in [0.15, 0.2) is 23.2 Å². The summed E-state index contributed by atoms with van der Waals surface area (Å²) in [5.41, 5.74) is 7.91. The van der Waals surface area contributed by atoms with Crippen LogP contribution in [0.25, 0.3) is 0 Å². The molecule has 0 saturated carbocycles. The first kappa shape index (κ1) is 17.4. The Morgan fingerprint density at radius 3 is 2.87 bits per heavy atom. The highest BCUT2D eigenvalue weighted by molar-refractivity contribution is 5.86. The van der Waals surface area contributed by atoms with Gasteiger partial charge < -0.3 is 20.5 Å². The van der Waals surface area contributed by atoms with Gasteiger partial charge in [0.1, 0.15) is 5.84 Å². The fourth-order valence-electron chi connectivity index (χ4n) is 2.96. The van der Waals surface area contributed by atoms with E-state index in [1.807, 2.05) is 37.1 Å². The predicted octanol–water partition coefficient (Wildman–Crippen LogP) is 1.19. The number of aliphatic hydroxyl groups is 1. The van der Waals surface area contributed by atoms with Crippen LogP contribution in [-0.2, 0) is 16.0 Å². The van der Waals surface area contributed by atoms with Gasteiger partial charge in [0, 0.05) is 14.2 Å². The molecule has 0 saturated heterocycles. The Kier molecular flexibility index (Phi) is 5.38. The van der Waals surface area contributed by atoms with E-state index in [2.05, 4.69) is 11.9 Å². The van der Waals surface area contributed by atoms with Crippen LogP contribution in [-0.4, -0.2) is 54.7 Å². The minimum atomic E-state index is -0.743. The van der Waals surface area contributed by atoms with Crippen LogP contribution in [0.3, 0.4) is 0 Å². The number of ether oxygens (including phenoxy) is 1. The van der Waals surface area contributed by atoms with Gasteiger partial charge in [-0.1, -0.05) is 6.07 Å². The number of nitrogens with two attached hydrogens (primary N) is 1. The third-order valence-electron chi connectivity index (χ3n) is 4.46. The highest BCUT2D eigenvalue weighted by Gasteiger charge is 2.35. The molecule has 1 aromatic rings. The van der Waals surface area contributed by atoms with Gasteiger partial charge in [0.05, 0.1) is 30.4 Å². The second-order valence-corrected chi connectivity index (χ2v) is 6.11. The summed E-state index contributed by atoms with van der Waals surface area (Å²) in [4.78, 5) is 18.2. The van der Waals surface area contributed by atoms with Crippen molar-refractivity contribution in [2.75, 3.05) is 20.8 Å². The number of carbonyl (C=O) groups is 1. The second kappa shape index (κ2) is 7.10. The highest BCUT2D eigenvalue weighted by atomic mass is 16.5. The predicted molar refractivity (Wildman–Crippen MR) is 90.0 cm³/mol. The maximum absolute atomic E-state index is 11.6. The zero-order chi connectivity index (χ0) is 17.1. The fourth-order valence-corrected chi connectivity index (χ4v) is 2.96. The molecule has 6 heteroatoms. The van der Waals surface area contributed by atoms with Crippen molar-refractivity contribution in [3.8, 4) is 0 Å². The van der Waals surface area contributed by atoms with Crippen LogP contribution < -0.4 is 5.73 Å². The van der Waals surface area contributed by atoms with Gasteiger partial charge in [0.25, 0.3) is 0 Å². The molecule has 23 heavy (non-hydrogen) atoms. The molecule has 0 aromatic heterocycles. The zero-order valence-corrected chi connectivity index (χ0v) is 14.1. The average molecular weight is 319 g/mol. The number of rotatable bonds is 5. The van der Waals surface area contributed by atoms with Crippen molar-refractivity contribution >= 4 is 17.4 Å². The average Bonchev–Trinajstić information content (AvgIpc) is 2.81. The first-order chi connectivity index (χ1) is 10.8. The van der Waals surface area contributed by atoms with E-state index in [-0.39, 0.29) is 6.04 Å². The summed E-state index contributed by atoms with van der Waals surface area (Å²) < 4.78 is 5.16. The third kappa shape index (κ3) is 3.71. The molecular weight excluding hydrogens is 294 g/mol. The van der Waals surface area contributed by atoms with Gasteiger partial charge in [0.2, 0.25) is 5.91 Å². The number of likely N-dealkylation sites (N-methyl/N-ethyl adjacent to an activating group) is 1. The van der Waals surface area contributed by atoms with E-state index in [0.717, 1.165) is 22.6 Å². The van der Waals surface area contributed by atoms with Crippen molar-refractivity contribution in [1.82, 2.24) is 4.90 Å². The number of primary amides is 1. The van der Waals surface area contributed by atoms with Crippen molar-refractivity contribution in [1.29, 1.82) is 0 Å². The van der Waals surface area contributed by atoms with Crippen LogP contribution in [0, 0.1) is 0 Å². The van der Waals surface area contributed by atoms with Gasteiger partial charge in [-0.3, -0.25) is 4.79 Å². The first-order valence-corrected chi connectivity index (χ1v) is 7.72. The Labute approximate surface area is 137 Å². The number of methoxy groups -OCH3 is 1. The zero-order valence-electron chi connectivity index (χ0n) is 14.1. The molecule has 2 rings (SSSR count). The van der Waals surface area contributed by atoms with Gasteiger partial charge in [-0.05, 0) is 43.5 Å². The standard InChI is InChI=1S/C17H25N3O3/c1-10(9-23-4)20(3)11(2)19-13-6-5-12-7-15(21)16(17(18)22)14(12)8-13/h5-6,8,10,15-16,21H,7,9H2,1-4H3,(H2,18,22). The van der Waals surface area contributed by atoms with Crippen molar-refractivity contribution < 1.29 is 14.6 Å². The number of fused-ring (bicyclic) bond motifs is 1. The number of hydrogen-bond donors (Lipinski definition) is 2. The Balaban J connectivity index is 2.26. The SMILES string of the molecule is COCC(C)N(C)C(C)=Nc1ccc2c(c1)C(C(N)=O)C(O)C2. The number of aliphatic imine (C=N–C) groups is 1. The lowest BCUT2D eigenvalue weighted by Crippen LogP contribution is -2.36. The molecular formula is C17H25N3O3. The molecule has 1 amide bonds. The molecule has 0 bridgehead atoms. The van der Waals surface area contributed by atoms with E-state index in [0.29, 0.717) is 13.0 Å². The largest absolute Gasteiger partial charge is 0.392 e. The van der Waals surface area contributed by atoms with Gasteiger partial charge in [0.15, 0.2) is 0 Å². The van der Waals surface area contributed by atoms with E-state index in [1.54, 1.807) is 7.11 Å². The fraction of sp³-hybridized carbons (Fsp3) is 0.529. The maximum atomic E-state index is 11.6. The summed E-state index contributed by atoms with van der Waals surface area (Å²) in [6.45, 7) is 4.61. The summed E-state index contributed by atoms with van der Waals surface area (Å²) in [5.74, 6) is -0.297. The molecule has 1 aromatic carbocycles. The number of nitrogens with zero attached hydrogens (tertiary/aromatic N) is 2. The lowest BCUT2D eigenvalue weighted by molar-refractivity contribution is -0.121.